The summed E-state index contributed by atoms with van der Waals surface area (Å²) < 4.78 is 15.7. The molecule has 1 aromatic carbocycles. The minimum atomic E-state index is -1.10. The number of benzene rings is 1. The maximum Gasteiger partial charge on any atom is 0.326 e. The molecule has 0 bridgehead atoms. The minimum absolute atomic E-state index is 0.100. The average molecular weight is 281 g/mol. The summed E-state index contributed by atoms with van der Waals surface area (Å²) in [4.78, 5) is 22.1. The highest BCUT2D eigenvalue weighted by atomic mass is 16.7. The van der Waals surface area contributed by atoms with Crippen LogP contribution in [-0.2, 0) is 16.0 Å². The molecule has 2 rings (SSSR count). The lowest BCUT2D eigenvalue weighted by molar-refractivity contribution is -0.141. The predicted octanol–water partition coefficient (Wildman–Crippen LogP) is 0.556. The molecule has 0 aliphatic carbocycles. The van der Waals surface area contributed by atoms with Gasteiger partial charge in [-0.15, -0.1) is 0 Å². The van der Waals surface area contributed by atoms with Gasteiger partial charge in [-0.3, -0.25) is 4.79 Å². The first-order valence-electron chi connectivity index (χ1n) is 5.97. The second-order valence-electron chi connectivity index (χ2n) is 4.33. The van der Waals surface area contributed by atoms with Crippen molar-refractivity contribution in [1.29, 1.82) is 0 Å². The molecule has 20 heavy (non-hydrogen) atoms. The Morgan fingerprint density at radius 2 is 2.20 bits per heavy atom. The molecular formula is C13H15NO6. The van der Waals surface area contributed by atoms with Gasteiger partial charge in [0.15, 0.2) is 11.5 Å². The number of methoxy groups -OCH3 is 1. The van der Waals surface area contributed by atoms with E-state index in [-0.39, 0.29) is 13.2 Å². The Labute approximate surface area is 115 Å². The standard InChI is InChI=1S/C13H15NO6/c1-7(15)14-9(13(16)17)3-8-4-10(18-2)12-11(5-8)19-6-20-12/h4-5,9H,3,6H2,1-2H3,(H,14,15)(H,16,17). The largest absolute Gasteiger partial charge is 0.493 e. The number of hydrogen-bond acceptors (Lipinski definition) is 5. The fourth-order valence-electron chi connectivity index (χ4n) is 1.98. The van der Waals surface area contributed by atoms with Gasteiger partial charge >= 0.3 is 5.97 Å². The number of rotatable bonds is 5. The molecule has 1 aliphatic heterocycles. The minimum Gasteiger partial charge on any atom is -0.493 e. The van der Waals surface area contributed by atoms with Gasteiger partial charge in [0, 0.05) is 13.3 Å². The SMILES string of the molecule is COc1cc(CC(NC(C)=O)C(=O)O)cc2c1OCO2. The molecule has 1 heterocycles. The lowest BCUT2D eigenvalue weighted by Gasteiger charge is -2.14. The smallest absolute Gasteiger partial charge is 0.326 e. The number of aliphatic carboxylic acids is 1. The van der Waals surface area contributed by atoms with Crippen LogP contribution in [0.25, 0.3) is 0 Å². The second-order valence-corrected chi connectivity index (χ2v) is 4.33. The van der Waals surface area contributed by atoms with E-state index in [2.05, 4.69) is 5.32 Å². The molecule has 7 nitrogen and oxygen atoms in total. The van der Waals surface area contributed by atoms with Gasteiger partial charge in [-0.2, -0.15) is 0 Å². The highest BCUT2D eigenvalue weighted by Crippen LogP contribution is 2.41. The summed E-state index contributed by atoms with van der Waals surface area (Å²) >= 11 is 0. The monoisotopic (exact) mass is 281 g/mol. The third-order valence-corrected chi connectivity index (χ3v) is 2.83. The number of carboxylic acids is 1. The van der Waals surface area contributed by atoms with Gasteiger partial charge in [0.25, 0.3) is 0 Å². The summed E-state index contributed by atoms with van der Waals surface area (Å²) in [5.74, 6) is -0.0159. The van der Waals surface area contributed by atoms with E-state index < -0.39 is 17.9 Å². The van der Waals surface area contributed by atoms with Gasteiger partial charge in [-0.05, 0) is 17.7 Å². The average Bonchev–Trinajstić information content (AvgIpc) is 2.84. The zero-order valence-corrected chi connectivity index (χ0v) is 11.1. The van der Waals surface area contributed by atoms with Gasteiger partial charge in [-0.1, -0.05) is 0 Å². The molecule has 0 radical (unpaired) electrons. The zero-order valence-electron chi connectivity index (χ0n) is 11.1. The quantitative estimate of drug-likeness (QED) is 0.818. The molecule has 108 valence electrons. The Morgan fingerprint density at radius 3 is 2.80 bits per heavy atom. The van der Waals surface area contributed by atoms with Crippen molar-refractivity contribution >= 4 is 11.9 Å². The zero-order chi connectivity index (χ0) is 14.7. The summed E-state index contributed by atoms with van der Waals surface area (Å²) in [6.45, 7) is 1.37. The number of carbonyl (C=O) groups is 2. The third-order valence-electron chi connectivity index (χ3n) is 2.83. The van der Waals surface area contributed by atoms with Gasteiger partial charge in [0.1, 0.15) is 6.04 Å². The Kier molecular flexibility index (Phi) is 3.97. The molecule has 7 heteroatoms. The molecular weight excluding hydrogens is 266 g/mol. The van der Waals surface area contributed by atoms with Crippen LogP contribution in [0.4, 0.5) is 0 Å². The van der Waals surface area contributed by atoms with Crippen molar-refractivity contribution in [3.05, 3.63) is 17.7 Å². The molecule has 0 fully saturated rings. The lowest BCUT2D eigenvalue weighted by Crippen LogP contribution is -2.41. The first-order valence-corrected chi connectivity index (χ1v) is 5.97. The normalized spacial score (nSPS) is 13.7. The first kappa shape index (κ1) is 14.0. The van der Waals surface area contributed by atoms with Crippen LogP contribution in [0.15, 0.2) is 12.1 Å². The number of carbonyl (C=O) groups excluding carboxylic acids is 1. The maximum absolute atomic E-state index is 11.1. The van der Waals surface area contributed by atoms with Crippen LogP contribution < -0.4 is 19.5 Å². The molecule has 0 spiro atoms. The molecule has 0 saturated heterocycles. The van der Waals surface area contributed by atoms with Crippen LogP contribution in [0, 0.1) is 0 Å². The molecule has 1 aromatic rings. The van der Waals surface area contributed by atoms with Gasteiger partial charge in [0.2, 0.25) is 18.4 Å². The molecule has 0 saturated carbocycles. The summed E-state index contributed by atoms with van der Waals surface area (Å²) in [6.07, 6.45) is 0.127. The van der Waals surface area contributed by atoms with Crippen LogP contribution in [0.1, 0.15) is 12.5 Å². The van der Waals surface area contributed by atoms with Crippen molar-refractivity contribution in [3.8, 4) is 17.2 Å². The lowest BCUT2D eigenvalue weighted by atomic mass is 10.0. The van der Waals surface area contributed by atoms with E-state index in [1.807, 2.05) is 0 Å². The number of fused-ring (bicyclic) bond motifs is 1. The van der Waals surface area contributed by atoms with Crippen molar-refractivity contribution in [2.75, 3.05) is 13.9 Å². The molecule has 1 atom stereocenters. The van der Waals surface area contributed by atoms with Crippen LogP contribution >= 0.6 is 0 Å². The number of hydrogen-bond donors (Lipinski definition) is 2. The fourth-order valence-corrected chi connectivity index (χ4v) is 1.98. The fraction of sp³-hybridized carbons (Fsp3) is 0.385. The van der Waals surface area contributed by atoms with Crippen molar-refractivity contribution in [2.24, 2.45) is 0 Å². The summed E-state index contributed by atoms with van der Waals surface area (Å²) in [6, 6.07) is 2.35. The number of amides is 1. The highest BCUT2D eigenvalue weighted by Gasteiger charge is 2.24. The number of nitrogens with one attached hydrogen (secondary N) is 1. The van der Waals surface area contributed by atoms with Crippen LogP contribution in [0.2, 0.25) is 0 Å². The van der Waals surface area contributed by atoms with E-state index in [1.165, 1.54) is 14.0 Å². The molecule has 0 aromatic heterocycles. The van der Waals surface area contributed by atoms with Gasteiger partial charge in [-0.25, -0.2) is 4.79 Å². The van der Waals surface area contributed by atoms with Crippen molar-refractivity contribution in [3.63, 3.8) is 0 Å². The van der Waals surface area contributed by atoms with Crippen molar-refractivity contribution in [2.45, 2.75) is 19.4 Å². The van der Waals surface area contributed by atoms with Crippen molar-refractivity contribution in [1.82, 2.24) is 5.32 Å². The Balaban J connectivity index is 2.24. The van der Waals surface area contributed by atoms with Crippen LogP contribution in [-0.4, -0.2) is 36.9 Å². The van der Waals surface area contributed by atoms with E-state index >= 15 is 0 Å². The highest BCUT2D eigenvalue weighted by molar-refractivity contribution is 5.82. The van der Waals surface area contributed by atoms with E-state index in [0.717, 1.165) is 0 Å². The van der Waals surface area contributed by atoms with Gasteiger partial charge in [0.05, 0.1) is 7.11 Å². The topological polar surface area (TPSA) is 94.1 Å². The summed E-state index contributed by atoms with van der Waals surface area (Å²) in [5.41, 5.74) is 0.673. The first-order chi connectivity index (χ1) is 9.51. The van der Waals surface area contributed by atoms with Gasteiger partial charge < -0.3 is 24.6 Å². The van der Waals surface area contributed by atoms with E-state index in [0.29, 0.717) is 22.8 Å². The van der Waals surface area contributed by atoms with E-state index in [4.69, 9.17) is 19.3 Å². The second kappa shape index (κ2) is 5.68. The molecule has 2 N–H and O–H groups in total. The summed E-state index contributed by atoms with van der Waals surface area (Å²) in [5, 5.41) is 11.5. The predicted molar refractivity (Wildman–Crippen MR) is 68.1 cm³/mol. The van der Waals surface area contributed by atoms with Crippen LogP contribution in [0.3, 0.4) is 0 Å². The Morgan fingerprint density at radius 1 is 1.45 bits per heavy atom. The number of ether oxygens (including phenoxy) is 3. The van der Waals surface area contributed by atoms with E-state index in [9.17, 15) is 9.59 Å². The molecule has 1 unspecified atom stereocenters. The van der Waals surface area contributed by atoms with Crippen molar-refractivity contribution < 1.29 is 28.9 Å². The molecule has 1 amide bonds. The summed E-state index contributed by atoms with van der Waals surface area (Å²) in [7, 11) is 1.49. The maximum atomic E-state index is 11.1. The third kappa shape index (κ3) is 2.93. The Bertz CT molecular complexity index is 542. The Hall–Kier alpha value is -2.44. The molecule has 1 aliphatic rings. The number of carboxylic acid groups (broad SMARTS) is 1. The van der Waals surface area contributed by atoms with E-state index in [1.54, 1.807) is 12.1 Å². The van der Waals surface area contributed by atoms with Crippen LogP contribution in [0.5, 0.6) is 17.2 Å².